The first-order valence-electron chi connectivity index (χ1n) is 11.8. The first-order valence-corrected chi connectivity index (χ1v) is 13.3. The van der Waals surface area contributed by atoms with E-state index < -0.39 is 15.8 Å². The summed E-state index contributed by atoms with van der Waals surface area (Å²) >= 11 is 0. The lowest BCUT2D eigenvalue weighted by Crippen LogP contribution is -2.40. The highest BCUT2D eigenvalue weighted by atomic mass is 32.2. The van der Waals surface area contributed by atoms with Gasteiger partial charge in [-0.25, -0.2) is 12.8 Å². The Morgan fingerprint density at radius 1 is 0.946 bits per heavy atom. The Morgan fingerprint density at radius 3 is 2.46 bits per heavy atom. The van der Waals surface area contributed by atoms with E-state index in [1.165, 1.54) is 46.8 Å². The zero-order valence-electron chi connectivity index (χ0n) is 19.9. The lowest BCUT2D eigenvalue weighted by atomic mass is 10.0. The Morgan fingerprint density at radius 2 is 1.68 bits per heavy atom. The Balaban J connectivity index is 1.46. The van der Waals surface area contributed by atoms with Crippen molar-refractivity contribution in [3.63, 3.8) is 0 Å². The molecule has 0 spiro atoms. The number of rotatable bonds is 7. The summed E-state index contributed by atoms with van der Waals surface area (Å²) < 4.78 is 52.4. The van der Waals surface area contributed by atoms with Crippen LogP contribution in [0.4, 0.5) is 10.1 Å². The van der Waals surface area contributed by atoms with Gasteiger partial charge in [-0.1, -0.05) is 42.5 Å². The van der Waals surface area contributed by atoms with Crippen LogP contribution in [0.3, 0.4) is 0 Å². The monoisotopic (exact) mass is 520 g/mol. The second-order valence-electron chi connectivity index (χ2n) is 8.59. The van der Waals surface area contributed by atoms with Crippen LogP contribution in [0.15, 0.2) is 89.8 Å². The van der Waals surface area contributed by atoms with Gasteiger partial charge in [-0.15, -0.1) is 0 Å². The minimum absolute atomic E-state index is 0.0290. The van der Waals surface area contributed by atoms with Gasteiger partial charge in [0.1, 0.15) is 11.6 Å². The van der Waals surface area contributed by atoms with Crippen LogP contribution in [0.2, 0.25) is 0 Å². The maximum Gasteiger partial charge on any atom is 0.243 e. The van der Waals surface area contributed by atoms with Crippen molar-refractivity contribution >= 4 is 32.4 Å². The van der Waals surface area contributed by atoms with Gasteiger partial charge in [-0.2, -0.15) is 4.31 Å². The van der Waals surface area contributed by atoms with Crippen molar-refractivity contribution in [1.29, 1.82) is 0 Å². The molecular weight excluding hydrogens is 495 g/mol. The van der Waals surface area contributed by atoms with Gasteiger partial charge in [0.25, 0.3) is 0 Å². The fourth-order valence-electron chi connectivity index (χ4n) is 4.24. The van der Waals surface area contributed by atoms with Gasteiger partial charge in [0.05, 0.1) is 30.2 Å². The van der Waals surface area contributed by atoms with E-state index in [4.69, 9.17) is 9.47 Å². The number of morpholine rings is 1. The molecule has 0 unspecified atom stereocenters. The molecule has 9 heteroatoms. The second-order valence-corrected chi connectivity index (χ2v) is 10.5. The van der Waals surface area contributed by atoms with Crippen molar-refractivity contribution < 1.29 is 27.1 Å². The van der Waals surface area contributed by atoms with Crippen LogP contribution in [-0.4, -0.2) is 44.9 Å². The normalized spacial score (nSPS) is 14.4. The van der Waals surface area contributed by atoms with Gasteiger partial charge in [-0.05, 0) is 58.8 Å². The average Bonchev–Trinajstić information content (AvgIpc) is 2.91. The first-order chi connectivity index (χ1) is 17.9. The van der Waals surface area contributed by atoms with Gasteiger partial charge in [-0.3, -0.25) is 4.79 Å². The number of ether oxygens (including phenoxy) is 2. The number of carbonyl (C=O) groups is 1. The predicted molar refractivity (Wildman–Crippen MR) is 139 cm³/mol. The number of sulfonamides is 1. The Hall–Kier alpha value is -3.79. The molecule has 0 aromatic heterocycles. The number of anilines is 1. The van der Waals surface area contributed by atoms with Crippen LogP contribution in [-0.2, 0) is 26.0 Å². The number of hydrogen-bond donors (Lipinski definition) is 1. The van der Waals surface area contributed by atoms with E-state index in [2.05, 4.69) is 5.32 Å². The fourth-order valence-corrected chi connectivity index (χ4v) is 5.67. The second kappa shape index (κ2) is 10.7. The summed E-state index contributed by atoms with van der Waals surface area (Å²) in [5.41, 5.74) is 1.04. The van der Waals surface area contributed by atoms with Crippen LogP contribution < -0.4 is 10.1 Å². The van der Waals surface area contributed by atoms with Crippen molar-refractivity contribution in [3.8, 4) is 11.5 Å². The van der Waals surface area contributed by atoms with Crippen molar-refractivity contribution in [2.45, 2.75) is 11.3 Å². The van der Waals surface area contributed by atoms with E-state index in [9.17, 15) is 17.6 Å². The summed E-state index contributed by atoms with van der Waals surface area (Å²) in [5, 5.41) is 4.81. The van der Waals surface area contributed by atoms with Crippen LogP contribution in [0.25, 0.3) is 10.8 Å². The average molecular weight is 521 g/mol. The molecule has 37 heavy (non-hydrogen) atoms. The Bertz CT molecular complexity index is 1530. The molecule has 5 rings (SSSR count). The van der Waals surface area contributed by atoms with E-state index in [0.29, 0.717) is 19.0 Å². The van der Waals surface area contributed by atoms with Gasteiger partial charge in [0.2, 0.25) is 15.9 Å². The zero-order valence-corrected chi connectivity index (χ0v) is 20.7. The molecule has 1 aliphatic heterocycles. The third-order valence-corrected chi connectivity index (χ3v) is 8.00. The molecule has 4 aromatic rings. The standard InChI is InChI=1S/C28H25FN2O5S/c29-22-8-10-23(11-9-22)36-27-13-12-24(37(33,34)31-14-16-35-17-15-31)19-26(27)30-28(32)18-21-6-3-5-20-4-1-2-7-25(20)21/h1-13,19H,14-18H2,(H,30,32). The highest BCUT2D eigenvalue weighted by molar-refractivity contribution is 7.89. The van der Waals surface area contributed by atoms with E-state index in [1.807, 2.05) is 42.5 Å². The number of amides is 1. The van der Waals surface area contributed by atoms with Gasteiger partial charge in [0.15, 0.2) is 5.75 Å². The van der Waals surface area contributed by atoms with Crippen molar-refractivity contribution in [1.82, 2.24) is 4.31 Å². The maximum absolute atomic E-state index is 13.4. The number of nitrogens with one attached hydrogen (secondary N) is 1. The Kier molecular flexibility index (Phi) is 7.18. The third kappa shape index (κ3) is 5.64. The quantitative estimate of drug-likeness (QED) is 0.372. The minimum atomic E-state index is -3.81. The van der Waals surface area contributed by atoms with E-state index in [1.54, 1.807) is 0 Å². The van der Waals surface area contributed by atoms with Crippen LogP contribution in [0, 0.1) is 5.82 Å². The lowest BCUT2D eigenvalue weighted by molar-refractivity contribution is -0.115. The predicted octanol–water partition coefficient (Wildman–Crippen LogP) is 4.97. The lowest BCUT2D eigenvalue weighted by Gasteiger charge is -2.26. The highest BCUT2D eigenvalue weighted by Crippen LogP contribution is 2.33. The summed E-state index contributed by atoms with van der Waals surface area (Å²) in [7, 11) is -3.81. The molecule has 0 saturated carbocycles. The molecule has 0 atom stereocenters. The molecule has 4 aromatic carbocycles. The zero-order chi connectivity index (χ0) is 25.8. The van der Waals surface area contributed by atoms with Crippen LogP contribution in [0.5, 0.6) is 11.5 Å². The highest BCUT2D eigenvalue weighted by Gasteiger charge is 2.27. The molecule has 1 saturated heterocycles. The molecule has 1 fully saturated rings. The third-order valence-electron chi connectivity index (χ3n) is 6.11. The summed E-state index contributed by atoms with van der Waals surface area (Å²) in [5.74, 6) is -0.169. The van der Waals surface area contributed by atoms with Crippen molar-refractivity contribution in [3.05, 3.63) is 96.3 Å². The molecule has 1 N–H and O–H groups in total. The van der Waals surface area contributed by atoms with Gasteiger partial charge >= 0.3 is 0 Å². The molecule has 0 aliphatic carbocycles. The van der Waals surface area contributed by atoms with E-state index >= 15 is 0 Å². The molecule has 1 aliphatic rings. The SMILES string of the molecule is O=C(Cc1cccc2ccccc12)Nc1cc(S(=O)(=O)N2CCOCC2)ccc1Oc1ccc(F)cc1. The Labute approximate surface area is 214 Å². The molecule has 7 nitrogen and oxygen atoms in total. The molecule has 0 radical (unpaired) electrons. The maximum atomic E-state index is 13.4. The molecule has 1 heterocycles. The van der Waals surface area contributed by atoms with Gasteiger partial charge in [0, 0.05) is 13.1 Å². The number of hydrogen-bond acceptors (Lipinski definition) is 5. The van der Waals surface area contributed by atoms with Crippen LogP contribution in [0.1, 0.15) is 5.56 Å². The smallest absolute Gasteiger partial charge is 0.243 e. The number of carbonyl (C=O) groups excluding carboxylic acids is 1. The summed E-state index contributed by atoms with van der Waals surface area (Å²) in [4.78, 5) is 13.2. The molecule has 1 amide bonds. The number of benzene rings is 4. The van der Waals surface area contributed by atoms with Crippen LogP contribution >= 0.6 is 0 Å². The van der Waals surface area contributed by atoms with E-state index in [-0.39, 0.29) is 41.7 Å². The summed E-state index contributed by atoms with van der Waals surface area (Å²) in [6.07, 6.45) is 0.0811. The van der Waals surface area contributed by atoms with Crippen molar-refractivity contribution in [2.24, 2.45) is 0 Å². The summed E-state index contributed by atoms with van der Waals surface area (Å²) in [6.45, 7) is 1.14. The number of fused-ring (bicyclic) bond motifs is 1. The van der Waals surface area contributed by atoms with E-state index in [0.717, 1.165) is 16.3 Å². The molecular formula is C28H25FN2O5S. The largest absolute Gasteiger partial charge is 0.455 e. The molecule has 190 valence electrons. The first kappa shape index (κ1) is 24.9. The number of halogens is 1. The minimum Gasteiger partial charge on any atom is -0.455 e. The van der Waals surface area contributed by atoms with Gasteiger partial charge < -0.3 is 14.8 Å². The summed E-state index contributed by atoms with van der Waals surface area (Å²) in [6, 6.07) is 23.3. The molecule has 0 bridgehead atoms. The topological polar surface area (TPSA) is 84.9 Å². The number of nitrogens with zero attached hydrogens (tertiary/aromatic N) is 1. The fraction of sp³-hybridized carbons (Fsp3) is 0.179. The van der Waals surface area contributed by atoms with Crippen molar-refractivity contribution in [2.75, 3.05) is 31.6 Å².